The minimum absolute atomic E-state index is 0.0982. The standard InChI is InChI=1S/C17H26N2O3/c1-13(2)8-10-22-16-5-3-14(4-6-16)7-9-18-17(21)19-11-15(20)12-19/h3-6,13,15,20H,7-12H2,1-2H3,(H,18,21). The molecule has 5 heteroatoms. The fourth-order valence-electron chi connectivity index (χ4n) is 2.21. The SMILES string of the molecule is CC(C)CCOc1ccc(CCNC(=O)N2CC(O)C2)cc1. The van der Waals surface area contributed by atoms with E-state index in [9.17, 15) is 4.79 Å². The molecule has 1 aromatic rings. The Hall–Kier alpha value is -1.75. The maximum Gasteiger partial charge on any atom is 0.317 e. The zero-order valence-corrected chi connectivity index (χ0v) is 13.4. The molecule has 0 unspecified atom stereocenters. The quantitative estimate of drug-likeness (QED) is 0.810. The Bertz CT molecular complexity index is 467. The van der Waals surface area contributed by atoms with Crippen molar-refractivity contribution in [3.63, 3.8) is 0 Å². The molecular weight excluding hydrogens is 280 g/mol. The van der Waals surface area contributed by atoms with Crippen molar-refractivity contribution in [1.82, 2.24) is 10.2 Å². The number of hydrogen-bond acceptors (Lipinski definition) is 3. The Labute approximate surface area is 132 Å². The molecule has 1 aromatic carbocycles. The first kappa shape index (κ1) is 16.6. The summed E-state index contributed by atoms with van der Waals surface area (Å²) in [4.78, 5) is 13.3. The molecule has 1 heterocycles. The molecule has 122 valence electrons. The molecule has 0 aliphatic carbocycles. The predicted molar refractivity (Wildman–Crippen MR) is 86.1 cm³/mol. The minimum atomic E-state index is -0.353. The normalized spacial score (nSPS) is 14.8. The molecule has 1 fully saturated rings. The summed E-state index contributed by atoms with van der Waals surface area (Å²) in [6.45, 7) is 6.58. The van der Waals surface area contributed by atoms with Crippen LogP contribution in [0.15, 0.2) is 24.3 Å². The lowest BCUT2D eigenvalue weighted by Gasteiger charge is -2.35. The van der Waals surface area contributed by atoms with Crippen LogP contribution in [0.25, 0.3) is 0 Å². The van der Waals surface area contributed by atoms with Crippen LogP contribution >= 0.6 is 0 Å². The van der Waals surface area contributed by atoms with E-state index in [0.29, 0.717) is 25.6 Å². The summed E-state index contributed by atoms with van der Waals surface area (Å²) in [5.74, 6) is 1.54. The third-order valence-electron chi connectivity index (χ3n) is 3.73. The molecule has 0 bridgehead atoms. The number of nitrogens with zero attached hydrogens (tertiary/aromatic N) is 1. The van der Waals surface area contributed by atoms with Gasteiger partial charge in [-0.1, -0.05) is 26.0 Å². The maximum absolute atomic E-state index is 11.7. The van der Waals surface area contributed by atoms with E-state index < -0.39 is 0 Å². The Morgan fingerprint density at radius 3 is 2.64 bits per heavy atom. The molecule has 1 saturated heterocycles. The van der Waals surface area contributed by atoms with Crippen LogP contribution in [0.1, 0.15) is 25.8 Å². The fraction of sp³-hybridized carbons (Fsp3) is 0.588. The van der Waals surface area contributed by atoms with Gasteiger partial charge in [0, 0.05) is 6.54 Å². The van der Waals surface area contributed by atoms with Crippen LogP contribution in [0, 0.1) is 5.92 Å². The van der Waals surface area contributed by atoms with Crippen molar-refractivity contribution in [1.29, 1.82) is 0 Å². The highest BCUT2D eigenvalue weighted by molar-refractivity contribution is 5.75. The molecule has 22 heavy (non-hydrogen) atoms. The van der Waals surface area contributed by atoms with Gasteiger partial charge >= 0.3 is 6.03 Å². The number of likely N-dealkylation sites (tertiary alicyclic amines) is 1. The van der Waals surface area contributed by atoms with Gasteiger partial charge in [-0.3, -0.25) is 0 Å². The maximum atomic E-state index is 11.7. The zero-order chi connectivity index (χ0) is 15.9. The Morgan fingerprint density at radius 2 is 2.05 bits per heavy atom. The molecule has 0 saturated carbocycles. The zero-order valence-electron chi connectivity index (χ0n) is 13.4. The molecule has 2 amide bonds. The number of nitrogens with one attached hydrogen (secondary N) is 1. The second-order valence-corrected chi connectivity index (χ2v) is 6.22. The van der Waals surface area contributed by atoms with Gasteiger partial charge in [0.25, 0.3) is 0 Å². The van der Waals surface area contributed by atoms with Crippen molar-refractivity contribution >= 4 is 6.03 Å². The third-order valence-corrected chi connectivity index (χ3v) is 3.73. The first-order valence-corrected chi connectivity index (χ1v) is 7.97. The smallest absolute Gasteiger partial charge is 0.317 e. The molecule has 0 aromatic heterocycles. The van der Waals surface area contributed by atoms with Gasteiger partial charge in [0.2, 0.25) is 0 Å². The number of urea groups is 1. The molecule has 1 aliphatic rings. The molecule has 5 nitrogen and oxygen atoms in total. The summed E-state index contributed by atoms with van der Waals surface area (Å²) in [6, 6.07) is 7.92. The Kier molecular flexibility index (Phi) is 6.07. The number of β-amino-alcohol motifs (C(OH)–C–C–N with tert-alkyl or cyclic N) is 1. The van der Waals surface area contributed by atoms with Gasteiger partial charge in [-0.25, -0.2) is 4.79 Å². The lowest BCUT2D eigenvalue weighted by molar-refractivity contribution is 0.0267. The van der Waals surface area contributed by atoms with Crippen molar-refractivity contribution in [2.75, 3.05) is 26.2 Å². The van der Waals surface area contributed by atoms with Crippen LogP contribution < -0.4 is 10.1 Å². The number of benzene rings is 1. The van der Waals surface area contributed by atoms with E-state index in [1.54, 1.807) is 4.90 Å². The van der Waals surface area contributed by atoms with E-state index in [0.717, 1.165) is 25.2 Å². The number of amides is 2. The number of carbonyl (C=O) groups is 1. The average molecular weight is 306 g/mol. The van der Waals surface area contributed by atoms with Crippen LogP contribution in [-0.2, 0) is 6.42 Å². The number of carbonyl (C=O) groups excluding carboxylic acids is 1. The minimum Gasteiger partial charge on any atom is -0.494 e. The lowest BCUT2D eigenvalue weighted by Crippen LogP contribution is -2.56. The van der Waals surface area contributed by atoms with E-state index in [1.165, 1.54) is 5.56 Å². The van der Waals surface area contributed by atoms with Gasteiger partial charge in [-0.2, -0.15) is 0 Å². The number of aliphatic hydroxyl groups is 1. The number of hydrogen-bond donors (Lipinski definition) is 2. The second-order valence-electron chi connectivity index (χ2n) is 6.22. The van der Waals surface area contributed by atoms with E-state index >= 15 is 0 Å². The number of rotatable bonds is 7. The highest BCUT2D eigenvalue weighted by atomic mass is 16.5. The topological polar surface area (TPSA) is 61.8 Å². The van der Waals surface area contributed by atoms with E-state index in [-0.39, 0.29) is 12.1 Å². The second kappa shape index (κ2) is 8.03. The number of ether oxygens (including phenoxy) is 1. The Balaban J connectivity index is 1.64. The Morgan fingerprint density at radius 1 is 1.36 bits per heavy atom. The predicted octanol–water partition coefficient (Wildman–Crippen LogP) is 2.04. The highest BCUT2D eigenvalue weighted by Gasteiger charge is 2.28. The summed E-state index contributed by atoms with van der Waals surface area (Å²) in [6.07, 6.45) is 1.49. The van der Waals surface area contributed by atoms with Crippen LogP contribution in [0.4, 0.5) is 4.79 Å². The van der Waals surface area contributed by atoms with Gasteiger partial charge < -0.3 is 20.1 Å². The van der Waals surface area contributed by atoms with Crippen LogP contribution in [-0.4, -0.2) is 48.4 Å². The molecule has 1 aliphatic heterocycles. The first-order valence-electron chi connectivity index (χ1n) is 7.97. The summed E-state index contributed by atoms with van der Waals surface area (Å²) in [7, 11) is 0. The summed E-state index contributed by atoms with van der Waals surface area (Å²) < 4.78 is 5.68. The van der Waals surface area contributed by atoms with Crippen molar-refractivity contribution in [2.45, 2.75) is 32.8 Å². The van der Waals surface area contributed by atoms with E-state index in [2.05, 4.69) is 19.2 Å². The van der Waals surface area contributed by atoms with E-state index in [1.807, 2.05) is 24.3 Å². The lowest BCUT2D eigenvalue weighted by atomic mass is 10.1. The van der Waals surface area contributed by atoms with Crippen LogP contribution in [0.5, 0.6) is 5.75 Å². The molecular formula is C17H26N2O3. The van der Waals surface area contributed by atoms with Gasteiger partial charge in [0.05, 0.1) is 25.8 Å². The van der Waals surface area contributed by atoms with Crippen molar-refractivity contribution in [3.8, 4) is 5.75 Å². The fourth-order valence-corrected chi connectivity index (χ4v) is 2.21. The first-order chi connectivity index (χ1) is 10.5. The van der Waals surface area contributed by atoms with Gasteiger partial charge in [-0.05, 0) is 36.5 Å². The number of aliphatic hydroxyl groups excluding tert-OH is 1. The highest BCUT2D eigenvalue weighted by Crippen LogP contribution is 2.14. The molecule has 2 rings (SSSR count). The van der Waals surface area contributed by atoms with Crippen molar-refractivity contribution < 1.29 is 14.6 Å². The van der Waals surface area contributed by atoms with E-state index in [4.69, 9.17) is 9.84 Å². The molecule has 0 radical (unpaired) electrons. The monoisotopic (exact) mass is 306 g/mol. The molecule has 0 spiro atoms. The van der Waals surface area contributed by atoms with Gasteiger partial charge in [0.15, 0.2) is 0 Å². The third kappa shape index (κ3) is 5.22. The van der Waals surface area contributed by atoms with Crippen molar-refractivity contribution in [3.05, 3.63) is 29.8 Å². The summed E-state index contributed by atoms with van der Waals surface area (Å²) >= 11 is 0. The van der Waals surface area contributed by atoms with Crippen LogP contribution in [0.2, 0.25) is 0 Å². The van der Waals surface area contributed by atoms with Crippen molar-refractivity contribution in [2.24, 2.45) is 5.92 Å². The van der Waals surface area contributed by atoms with Crippen LogP contribution in [0.3, 0.4) is 0 Å². The van der Waals surface area contributed by atoms with Gasteiger partial charge in [-0.15, -0.1) is 0 Å². The summed E-state index contributed by atoms with van der Waals surface area (Å²) in [5, 5.41) is 12.0. The largest absolute Gasteiger partial charge is 0.494 e. The molecule has 0 atom stereocenters. The van der Waals surface area contributed by atoms with Gasteiger partial charge in [0.1, 0.15) is 5.75 Å². The average Bonchev–Trinajstić information content (AvgIpc) is 2.45. The molecule has 2 N–H and O–H groups in total. The summed E-state index contributed by atoms with van der Waals surface area (Å²) in [5.41, 5.74) is 1.17.